The second-order valence-corrected chi connectivity index (χ2v) is 9.35. The van der Waals surface area contributed by atoms with E-state index in [-0.39, 0.29) is 23.7 Å². The fraction of sp³-hybridized carbons (Fsp3) is 0.200. The first-order chi connectivity index (χ1) is 14.4. The molecule has 0 aromatic heterocycles. The lowest BCUT2D eigenvalue weighted by Crippen LogP contribution is -2.49. The molecule has 3 aliphatic carbocycles. The first-order valence-corrected chi connectivity index (χ1v) is 10.7. The fourth-order valence-electron chi connectivity index (χ4n) is 6.00. The molecule has 5 heteroatoms. The SMILES string of the molecule is C[C@@]12C(=O)N(c3cc(Cl)ccc3Cl)C(=O)[C@H]1C1c3ccccc3C2c2ccccc21. The van der Waals surface area contributed by atoms with E-state index in [1.165, 1.54) is 4.90 Å². The van der Waals surface area contributed by atoms with Crippen molar-refractivity contribution in [3.63, 3.8) is 0 Å². The van der Waals surface area contributed by atoms with Gasteiger partial charge in [0.2, 0.25) is 11.8 Å². The van der Waals surface area contributed by atoms with Gasteiger partial charge in [0, 0.05) is 16.9 Å². The summed E-state index contributed by atoms with van der Waals surface area (Å²) < 4.78 is 0. The molecule has 3 aromatic rings. The number of benzene rings is 3. The summed E-state index contributed by atoms with van der Waals surface area (Å²) in [6, 6.07) is 21.3. The molecule has 7 rings (SSSR count). The molecule has 30 heavy (non-hydrogen) atoms. The maximum atomic E-state index is 13.9. The Labute approximate surface area is 184 Å². The van der Waals surface area contributed by atoms with Crippen LogP contribution in [0.5, 0.6) is 0 Å². The number of amides is 2. The van der Waals surface area contributed by atoms with Gasteiger partial charge in [0.05, 0.1) is 22.0 Å². The van der Waals surface area contributed by atoms with Crippen LogP contribution in [0, 0.1) is 11.3 Å². The van der Waals surface area contributed by atoms with Gasteiger partial charge in [-0.2, -0.15) is 0 Å². The summed E-state index contributed by atoms with van der Waals surface area (Å²) in [5.74, 6) is -1.23. The summed E-state index contributed by atoms with van der Waals surface area (Å²) in [7, 11) is 0. The van der Waals surface area contributed by atoms with Gasteiger partial charge in [0.1, 0.15) is 0 Å². The maximum absolute atomic E-state index is 13.9. The van der Waals surface area contributed by atoms with Crippen molar-refractivity contribution < 1.29 is 9.59 Å². The minimum atomic E-state index is -0.879. The predicted molar refractivity (Wildman–Crippen MR) is 117 cm³/mol. The third kappa shape index (κ3) is 2.02. The van der Waals surface area contributed by atoms with Gasteiger partial charge in [-0.3, -0.25) is 9.59 Å². The molecule has 0 N–H and O–H groups in total. The highest BCUT2D eigenvalue weighted by Crippen LogP contribution is 2.67. The van der Waals surface area contributed by atoms with Gasteiger partial charge in [-0.25, -0.2) is 4.90 Å². The number of hydrogen-bond donors (Lipinski definition) is 0. The predicted octanol–water partition coefficient (Wildman–Crippen LogP) is 5.78. The van der Waals surface area contributed by atoms with E-state index < -0.39 is 11.3 Å². The van der Waals surface area contributed by atoms with E-state index in [4.69, 9.17) is 23.2 Å². The Morgan fingerprint density at radius 2 is 1.40 bits per heavy atom. The smallest absolute Gasteiger partial charge is 0.241 e. The van der Waals surface area contributed by atoms with Crippen molar-refractivity contribution in [2.24, 2.45) is 11.3 Å². The van der Waals surface area contributed by atoms with Gasteiger partial charge in [-0.15, -0.1) is 0 Å². The second-order valence-electron chi connectivity index (χ2n) is 8.50. The topological polar surface area (TPSA) is 37.4 Å². The summed E-state index contributed by atoms with van der Waals surface area (Å²) in [5, 5.41) is 0.773. The lowest BCUT2D eigenvalue weighted by atomic mass is 9.48. The second kappa shape index (κ2) is 5.96. The first-order valence-electron chi connectivity index (χ1n) is 9.95. The number of imide groups is 1. The van der Waals surface area contributed by atoms with E-state index in [0.717, 1.165) is 22.3 Å². The monoisotopic (exact) mass is 433 g/mol. The molecule has 1 aliphatic heterocycles. The maximum Gasteiger partial charge on any atom is 0.241 e. The summed E-state index contributed by atoms with van der Waals surface area (Å²) >= 11 is 12.6. The van der Waals surface area contributed by atoms with Crippen LogP contribution >= 0.6 is 23.2 Å². The summed E-state index contributed by atoms with van der Waals surface area (Å²) in [6.45, 7) is 1.94. The van der Waals surface area contributed by atoms with Gasteiger partial charge in [0.15, 0.2) is 0 Å². The highest BCUT2D eigenvalue weighted by molar-refractivity contribution is 6.38. The average molecular weight is 434 g/mol. The zero-order valence-electron chi connectivity index (χ0n) is 16.1. The highest BCUT2D eigenvalue weighted by Gasteiger charge is 2.69. The number of carbonyl (C=O) groups excluding carboxylic acids is 2. The Hall–Kier alpha value is -2.62. The number of rotatable bonds is 1. The molecule has 4 aliphatic rings. The van der Waals surface area contributed by atoms with Crippen LogP contribution in [-0.2, 0) is 9.59 Å². The number of hydrogen-bond acceptors (Lipinski definition) is 2. The molecule has 1 heterocycles. The van der Waals surface area contributed by atoms with E-state index in [9.17, 15) is 9.59 Å². The molecule has 0 unspecified atom stereocenters. The molecule has 0 spiro atoms. The van der Waals surface area contributed by atoms with Crippen molar-refractivity contribution in [3.05, 3.63) is 99.0 Å². The van der Waals surface area contributed by atoms with E-state index in [2.05, 4.69) is 24.3 Å². The quantitative estimate of drug-likeness (QED) is 0.456. The van der Waals surface area contributed by atoms with Crippen LogP contribution in [-0.4, -0.2) is 11.8 Å². The van der Waals surface area contributed by atoms with Gasteiger partial charge >= 0.3 is 0 Å². The molecule has 2 atom stereocenters. The number of halogens is 2. The van der Waals surface area contributed by atoms with Crippen LogP contribution in [0.3, 0.4) is 0 Å². The minimum Gasteiger partial charge on any atom is -0.274 e. The molecule has 1 fully saturated rings. The summed E-state index contributed by atoms with van der Waals surface area (Å²) in [4.78, 5) is 29.1. The molecule has 3 aromatic carbocycles. The Kier molecular flexibility index (Phi) is 3.61. The summed E-state index contributed by atoms with van der Waals surface area (Å²) in [5.41, 5.74) is 4.05. The van der Waals surface area contributed by atoms with Gasteiger partial charge in [-0.05, 0) is 47.4 Å². The lowest BCUT2D eigenvalue weighted by molar-refractivity contribution is -0.128. The molecule has 1 saturated heterocycles. The van der Waals surface area contributed by atoms with E-state index in [1.807, 2.05) is 31.2 Å². The van der Waals surface area contributed by atoms with Crippen molar-refractivity contribution >= 4 is 40.7 Å². The molecule has 148 valence electrons. The van der Waals surface area contributed by atoms with E-state index in [0.29, 0.717) is 15.7 Å². The molecular formula is C25H17Cl2NO2. The van der Waals surface area contributed by atoms with Crippen LogP contribution in [0.1, 0.15) is 41.0 Å². The van der Waals surface area contributed by atoms with Crippen molar-refractivity contribution in [1.29, 1.82) is 0 Å². The van der Waals surface area contributed by atoms with Gasteiger partial charge < -0.3 is 0 Å². The fourth-order valence-corrected chi connectivity index (χ4v) is 6.37. The van der Waals surface area contributed by atoms with E-state index in [1.54, 1.807) is 18.2 Å². The number of nitrogens with zero attached hydrogens (tertiary/aromatic N) is 1. The molecule has 2 amide bonds. The molecule has 3 nitrogen and oxygen atoms in total. The Morgan fingerprint density at radius 1 is 0.833 bits per heavy atom. The van der Waals surface area contributed by atoms with Crippen LogP contribution in [0.4, 0.5) is 5.69 Å². The van der Waals surface area contributed by atoms with Crippen molar-refractivity contribution in [2.45, 2.75) is 18.8 Å². The Bertz CT molecular complexity index is 1220. The number of anilines is 1. The van der Waals surface area contributed by atoms with Crippen molar-refractivity contribution in [2.75, 3.05) is 4.90 Å². The molecule has 2 bridgehead atoms. The number of carbonyl (C=O) groups is 2. The zero-order valence-corrected chi connectivity index (χ0v) is 17.6. The van der Waals surface area contributed by atoms with Gasteiger partial charge in [0.25, 0.3) is 0 Å². The molecular weight excluding hydrogens is 417 g/mol. The standard InChI is InChI=1S/C25H17Cl2NO2/c1-25-21-16-8-4-2-6-14(16)20(15-7-3-5-9-17(15)21)22(25)23(29)28(24(25)30)19-12-13(26)10-11-18(19)27/h2-12,20-22H,1H3/t20?,21?,22-,25+/m1/s1. The Balaban J connectivity index is 1.63. The third-order valence-electron chi connectivity index (χ3n) is 7.16. The Morgan fingerprint density at radius 3 is 2.00 bits per heavy atom. The van der Waals surface area contributed by atoms with Crippen LogP contribution in [0.15, 0.2) is 66.7 Å². The lowest BCUT2D eigenvalue weighted by Gasteiger charge is -2.51. The van der Waals surface area contributed by atoms with Gasteiger partial charge in [-0.1, -0.05) is 71.7 Å². The van der Waals surface area contributed by atoms with Crippen LogP contribution < -0.4 is 4.90 Å². The normalized spacial score (nSPS) is 28.4. The molecule has 0 saturated carbocycles. The minimum absolute atomic E-state index is 0.160. The average Bonchev–Trinajstić information content (AvgIpc) is 2.96. The highest BCUT2D eigenvalue weighted by atomic mass is 35.5. The van der Waals surface area contributed by atoms with Crippen LogP contribution in [0.2, 0.25) is 10.0 Å². The molecule has 0 radical (unpaired) electrons. The largest absolute Gasteiger partial charge is 0.274 e. The first kappa shape index (κ1) is 18.2. The van der Waals surface area contributed by atoms with Crippen molar-refractivity contribution in [1.82, 2.24) is 0 Å². The zero-order chi connectivity index (χ0) is 20.8. The van der Waals surface area contributed by atoms with E-state index >= 15 is 0 Å². The summed E-state index contributed by atoms with van der Waals surface area (Å²) in [6.07, 6.45) is 0. The third-order valence-corrected chi connectivity index (χ3v) is 7.72. The van der Waals surface area contributed by atoms with Crippen LogP contribution in [0.25, 0.3) is 0 Å². The van der Waals surface area contributed by atoms with Crippen molar-refractivity contribution in [3.8, 4) is 0 Å².